The molecule has 0 fully saturated rings. The molecule has 9 heteroatoms. The van der Waals surface area contributed by atoms with E-state index in [0.717, 1.165) is 12.1 Å². The molecule has 178 valence electrons. The minimum Gasteiger partial charge on any atom is -0.443 e. The quantitative estimate of drug-likeness (QED) is 0.532. The lowest BCUT2D eigenvalue weighted by Gasteiger charge is -2.28. The number of rotatable bonds is 6. The molecule has 0 spiro atoms. The molecule has 34 heavy (non-hydrogen) atoms. The molecule has 0 aliphatic rings. The van der Waals surface area contributed by atoms with Crippen molar-refractivity contribution >= 4 is 17.8 Å². The molecule has 3 aromatic rings. The van der Waals surface area contributed by atoms with E-state index in [1.807, 2.05) is 0 Å². The van der Waals surface area contributed by atoms with Crippen molar-refractivity contribution in [2.45, 2.75) is 32.8 Å². The smallest absolute Gasteiger partial charge is 0.416 e. The molecule has 2 amide bonds. The van der Waals surface area contributed by atoms with Gasteiger partial charge in [-0.3, -0.25) is 9.69 Å². The first-order chi connectivity index (χ1) is 15.9. The standard InChI is InChI=1S/C25H24F3N3O3/c1-25(2,3)34-24(33)31(10-8-15-11-17(26)14-18(27)12-15)23-19(5-4-9-30-23)16-6-7-21(28)20(13-16)22(29)32/h4-7,9,11-14H,8,10H2,1-3H3,(H2,29,32). The van der Waals surface area contributed by atoms with Gasteiger partial charge in [-0.2, -0.15) is 0 Å². The Hall–Kier alpha value is -3.88. The second-order valence-electron chi connectivity index (χ2n) is 8.59. The second kappa shape index (κ2) is 9.94. The number of nitrogens with zero attached hydrogens (tertiary/aromatic N) is 2. The summed E-state index contributed by atoms with van der Waals surface area (Å²) >= 11 is 0. The third-order valence-corrected chi connectivity index (χ3v) is 4.75. The average Bonchev–Trinajstić information content (AvgIpc) is 2.72. The van der Waals surface area contributed by atoms with Gasteiger partial charge < -0.3 is 10.5 Å². The number of hydrogen-bond acceptors (Lipinski definition) is 4. The van der Waals surface area contributed by atoms with Crippen LogP contribution in [0.3, 0.4) is 0 Å². The molecule has 1 heterocycles. The number of hydrogen-bond donors (Lipinski definition) is 1. The van der Waals surface area contributed by atoms with Gasteiger partial charge in [-0.15, -0.1) is 0 Å². The number of carbonyl (C=O) groups is 2. The Morgan fingerprint density at radius 1 is 1.03 bits per heavy atom. The number of halogens is 3. The lowest BCUT2D eigenvalue weighted by molar-refractivity contribution is 0.0579. The monoisotopic (exact) mass is 471 g/mol. The number of nitrogens with two attached hydrogens (primary N) is 1. The maximum absolute atomic E-state index is 14.0. The largest absolute Gasteiger partial charge is 0.443 e. The highest BCUT2D eigenvalue weighted by atomic mass is 19.1. The summed E-state index contributed by atoms with van der Waals surface area (Å²) < 4.78 is 46.9. The van der Waals surface area contributed by atoms with Gasteiger partial charge in [-0.25, -0.2) is 22.9 Å². The highest BCUT2D eigenvalue weighted by molar-refractivity contribution is 5.96. The molecule has 0 saturated heterocycles. The molecule has 0 radical (unpaired) electrons. The Morgan fingerprint density at radius 3 is 2.32 bits per heavy atom. The molecule has 0 atom stereocenters. The van der Waals surface area contributed by atoms with Crippen molar-refractivity contribution in [1.82, 2.24) is 4.98 Å². The van der Waals surface area contributed by atoms with Gasteiger partial charge in [0.1, 0.15) is 28.9 Å². The van der Waals surface area contributed by atoms with Crippen molar-refractivity contribution in [1.29, 1.82) is 0 Å². The maximum atomic E-state index is 14.0. The highest BCUT2D eigenvalue weighted by Gasteiger charge is 2.27. The summed E-state index contributed by atoms with van der Waals surface area (Å²) in [4.78, 5) is 30.3. The minimum absolute atomic E-state index is 0.0221. The number of carbonyl (C=O) groups excluding carboxylic acids is 2. The number of amides is 2. The van der Waals surface area contributed by atoms with Crippen molar-refractivity contribution < 1.29 is 27.5 Å². The molecule has 2 aromatic carbocycles. The Kier molecular flexibility index (Phi) is 7.24. The van der Waals surface area contributed by atoms with E-state index in [0.29, 0.717) is 16.7 Å². The molecular weight excluding hydrogens is 447 g/mol. The third-order valence-electron chi connectivity index (χ3n) is 4.75. The highest BCUT2D eigenvalue weighted by Crippen LogP contribution is 2.31. The molecule has 3 rings (SSSR count). The predicted octanol–water partition coefficient (Wildman–Crippen LogP) is 5.25. The summed E-state index contributed by atoms with van der Waals surface area (Å²) in [5.74, 6) is -3.03. The van der Waals surface area contributed by atoms with Crippen molar-refractivity contribution in [3.63, 3.8) is 0 Å². The first kappa shape index (κ1) is 24.8. The Morgan fingerprint density at radius 2 is 1.71 bits per heavy atom. The van der Waals surface area contributed by atoms with Crippen molar-refractivity contribution in [3.05, 3.63) is 83.3 Å². The second-order valence-corrected chi connectivity index (χ2v) is 8.59. The van der Waals surface area contributed by atoms with E-state index in [4.69, 9.17) is 10.5 Å². The summed E-state index contributed by atoms with van der Waals surface area (Å²) in [7, 11) is 0. The van der Waals surface area contributed by atoms with Crippen LogP contribution in [0.15, 0.2) is 54.7 Å². The van der Waals surface area contributed by atoms with Gasteiger partial charge in [0.2, 0.25) is 0 Å². The van der Waals surface area contributed by atoms with Crippen LogP contribution in [0.4, 0.5) is 23.8 Å². The fourth-order valence-electron chi connectivity index (χ4n) is 3.32. The van der Waals surface area contributed by atoms with E-state index < -0.39 is 35.1 Å². The van der Waals surface area contributed by atoms with Crippen molar-refractivity contribution in [2.75, 3.05) is 11.4 Å². The van der Waals surface area contributed by atoms with Gasteiger partial charge in [-0.1, -0.05) is 6.07 Å². The fraction of sp³-hybridized carbons (Fsp3) is 0.240. The predicted molar refractivity (Wildman–Crippen MR) is 122 cm³/mol. The van der Waals surface area contributed by atoms with E-state index >= 15 is 0 Å². The van der Waals surface area contributed by atoms with Gasteiger partial charge >= 0.3 is 6.09 Å². The molecule has 0 aliphatic heterocycles. The number of ether oxygens (including phenoxy) is 1. The third kappa shape index (κ3) is 6.12. The van der Waals surface area contributed by atoms with E-state index in [1.165, 1.54) is 35.4 Å². The molecule has 6 nitrogen and oxygen atoms in total. The van der Waals surface area contributed by atoms with Gasteiger partial charge in [0.05, 0.1) is 5.56 Å². The number of pyridine rings is 1. The molecule has 0 bridgehead atoms. The van der Waals surface area contributed by atoms with Crippen LogP contribution < -0.4 is 10.6 Å². The Labute approximate surface area is 195 Å². The molecule has 1 aromatic heterocycles. The maximum Gasteiger partial charge on any atom is 0.416 e. The summed E-state index contributed by atoms with van der Waals surface area (Å²) in [5, 5.41) is 0. The number of primary amides is 1. The SMILES string of the molecule is CC(C)(C)OC(=O)N(CCc1cc(F)cc(F)c1)c1ncccc1-c1ccc(F)c(C(N)=O)c1. The molecule has 0 aliphatic carbocycles. The number of aromatic nitrogens is 1. The summed E-state index contributed by atoms with van der Waals surface area (Å²) in [5.41, 5.74) is 5.26. The van der Waals surface area contributed by atoms with Crippen LogP contribution in [0.2, 0.25) is 0 Å². The first-order valence-electron chi connectivity index (χ1n) is 10.4. The Balaban J connectivity index is 2.05. The van der Waals surface area contributed by atoms with Crippen LogP contribution in [0.5, 0.6) is 0 Å². The molecular formula is C25H24F3N3O3. The van der Waals surface area contributed by atoms with Gasteiger partial charge in [0, 0.05) is 24.4 Å². The van der Waals surface area contributed by atoms with Crippen LogP contribution in [0.25, 0.3) is 11.1 Å². The zero-order chi connectivity index (χ0) is 25.0. The van der Waals surface area contributed by atoms with Gasteiger partial charge in [0.15, 0.2) is 0 Å². The topological polar surface area (TPSA) is 85.5 Å². The first-order valence-corrected chi connectivity index (χ1v) is 10.4. The number of anilines is 1. The van der Waals surface area contributed by atoms with Crippen LogP contribution in [0, 0.1) is 17.5 Å². The normalized spacial score (nSPS) is 11.2. The molecule has 0 unspecified atom stereocenters. The zero-order valence-electron chi connectivity index (χ0n) is 18.9. The fourth-order valence-corrected chi connectivity index (χ4v) is 3.32. The number of benzene rings is 2. The van der Waals surface area contributed by atoms with E-state index in [1.54, 1.807) is 32.9 Å². The van der Waals surface area contributed by atoms with Gasteiger partial charge in [-0.05, 0) is 74.7 Å². The van der Waals surface area contributed by atoms with Crippen molar-refractivity contribution in [3.8, 4) is 11.1 Å². The molecule has 2 N–H and O–H groups in total. The molecule has 0 saturated carbocycles. The Bertz CT molecular complexity index is 1210. The van der Waals surface area contributed by atoms with Crippen LogP contribution in [0.1, 0.15) is 36.7 Å². The summed E-state index contributed by atoms with van der Waals surface area (Å²) in [6.07, 6.45) is 0.817. The van der Waals surface area contributed by atoms with E-state index in [-0.39, 0.29) is 24.3 Å². The average molecular weight is 471 g/mol. The van der Waals surface area contributed by atoms with Crippen LogP contribution in [-0.2, 0) is 11.2 Å². The van der Waals surface area contributed by atoms with Crippen LogP contribution in [-0.4, -0.2) is 29.1 Å². The van der Waals surface area contributed by atoms with Crippen molar-refractivity contribution in [2.24, 2.45) is 5.73 Å². The summed E-state index contributed by atoms with van der Waals surface area (Å²) in [6, 6.07) is 10.2. The van der Waals surface area contributed by atoms with Gasteiger partial charge in [0.25, 0.3) is 5.91 Å². The van der Waals surface area contributed by atoms with E-state index in [9.17, 15) is 22.8 Å². The zero-order valence-corrected chi connectivity index (χ0v) is 18.9. The minimum atomic E-state index is -0.943. The lowest BCUT2D eigenvalue weighted by Crippen LogP contribution is -2.39. The van der Waals surface area contributed by atoms with Crippen LogP contribution >= 0.6 is 0 Å². The van der Waals surface area contributed by atoms with E-state index in [2.05, 4.69) is 4.98 Å². The summed E-state index contributed by atoms with van der Waals surface area (Å²) in [6.45, 7) is 5.07. The lowest BCUT2D eigenvalue weighted by atomic mass is 10.0.